The van der Waals surface area contributed by atoms with Crippen molar-refractivity contribution in [3.05, 3.63) is 70.8 Å². The van der Waals surface area contributed by atoms with Crippen molar-refractivity contribution in [2.75, 3.05) is 10.7 Å². The highest BCUT2D eigenvalue weighted by Gasteiger charge is 2.41. The summed E-state index contributed by atoms with van der Waals surface area (Å²) >= 11 is 1.33. The number of aromatic carboxylic acids is 1. The molecule has 8 nitrogen and oxygen atoms in total. The quantitative estimate of drug-likeness (QED) is 0.499. The number of thioether (sulfide) groups is 1. The number of nitrogens with zero attached hydrogens (tertiary/aromatic N) is 4. The Morgan fingerprint density at radius 2 is 1.83 bits per heavy atom. The molecule has 2 heterocycles. The van der Waals surface area contributed by atoms with Crippen LogP contribution in [0, 0.1) is 11.3 Å². The van der Waals surface area contributed by atoms with Gasteiger partial charge in [0, 0.05) is 0 Å². The third kappa shape index (κ3) is 2.94. The number of hydrogen-bond donors (Lipinski definition) is 1. The lowest BCUT2D eigenvalue weighted by atomic mass is 10.1. The van der Waals surface area contributed by atoms with Crippen LogP contribution in [0.1, 0.15) is 43.6 Å². The molecule has 0 saturated carbocycles. The maximum Gasteiger partial charge on any atom is 0.335 e. The molecule has 4 rings (SSSR count). The first-order valence-corrected chi connectivity index (χ1v) is 9.94. The van der Waals surface area contributed by atoms with E-state index >= 15 is 0 Å². The van der Waals surface area contributed by atoms with Crippen LogP contribution in [0.15, 0.2) is 53.6 Å². The van der Waals surface area contributed by atoms with Gasteiger partial charge < -0.3 is 5.11 Å². The number of benzene rings is 2. The molecule has 0 saturated heterocycles. The van der Waals surface area contributed by atoms with E-state index in [0.717, 1.165) is 4.90 Å². The van der Waals surface area contributed by atoms with Crippen molar-refractivity contribution in [2.24, 2.45) is 0 Å². The number of carbonyl (C=O) groups is 3. The highest BCUT2D eigenvalue weighted by Crippen LogP contribution is 2.37. The van der Waals surface area contributed by atoms with Crippen molar-refractivity contribution in [3.63, 3.8) is 0 Å². The van der Waals surface area contributed by atoms with Crippen LogP contribution >= 0.6 is 11.8 Å². The monoisotopic (exact) mass is 418 g/mol. The molecule has 3 aromatic rings. The van der Waals surface area contributed by atoms with Crippen molar-refractivity contribution in [2.45, 2.75) is 11.9 Å². The fraction of sp³-hybridized carbons (Fsp3) is 0.0952. The Balaban J connectivity index is 1.94. The van der Waals surface area contributed by atoms with Gasteiger partial charge in [0.25, 0.3) is 11.8 Å². The summed E-state index contributed by atoms with van der Waals surface area (Å²) in [5, 5.41) is 23.9. The van der Waals surface area contributed by atoms with Crippen LogP contribution < -0.4 is 4.90 Å². The lowest BCUT2D eigenvalue weighted by Crippen LogP contribution is -2.32. The number of fused-ring (bicyclic) bond motifs is 1. The summed E-state index contributed by atoms with van der Waals surface area (Å²) in [5.74, 6) is -1.84. The number of imide groups is 1. The van der Waals surface area contributed by atoms with E-state index in [4.69, 9.17) is 0 Å². The van der Waals surface area contributed by atoms with Crippen LogP contribution in [-0.4, -0.2) is 38.4 Å². The van der Waals surface area contributed by atoms with Crippen molar-refractivity contribution >= 4 is 35.4 Å². The first kappa shape index (κ1) is 19.4. The summed E-state index contributed by atoms with van der Waals surface area (Å²) in [5.41, 5.74) is 0.651. The number of carbonyl (C=O) groups excluding carboxylic acids is 2. The van der Waals surface area contributed by atoms with Crippen molar-refractivity contribution in [1.29, 1.82) is 5.26 Å². The number of anilines is 1. The van der Waals surface area contributed by atoms with Gasteiger partial charge in [0.15, 0.2) is 5.82 Å². The summed E-state index contributed by atoms with van der Waals surface area (Å²) in [6.45, 7) is 1.91. The molecule has 1 aliphatic rings. The van der Waals surface area contributed by atoms with Gasteiger partial charge in [-0.25, -0.2) is 14.4 Å². The molecule has 0 unspecified atom stereocenters. The number of carboxylic acid groups (broad SMARTS) is 1. The summed E-state index contributed by atoms with van der Waals surface area (Å²) in [6, 6.07) is 14.7. The molecule has 0 radical (unpaired) electrons. The normalized spacial score (nSPS) is 12.7. The Morgan fingerprint density at radius 1 is 1.13 bits per heavy atom. The molecule has 0 aliphatic carbocycles. The molecule has 1 aromatic heterocycles. The average molecular weight is 418 g/mol. The Bertz CT molecular complexity index is 1240. The second-order valence-corrected chi connectivity index (χ2v) is 7.56. The van der Waals surface area contributed by atoms with Gasteiger partial charge >= 0.3 is 5.97 Å². The maximum absolute atomic E-state index is 13.2. The van der Waals surface area contributed by atoms with E-state index in [1.54, 1.807) is 24.3 Å². The van der Waals surface area contributed by atoms with E-state index in [1.165, 1.54) is 34.6 Å². The van der Waals surface area contributed by atoms with Gasteiger partial charge in [-0.15, -0.1) is 11.8 Å². The second kappa shape index (κ2) is 7.50. The van der Waals surface area contributed by atoms with E-state index in [-0.39, 0.29) is 28.1 Å². The SMILES string of the molecule is CCSc1nn(-c2ccccc2)c(N2C(=O)c3ccc(C(=O)O)cc3C2=O)c1C#N. The molecule has 148 valence electrons. The summed E-state index contributed by atoms with van der Waals surface area (Å²) in [4.78, 5) is 38.4. The molecule has 0 fully saturated rings. The van der Waals surface area contributed by atoms with E-state index in [2.05, 4.69) is 11.2 Å². The number of para-hydroxylation sites is 1. The highest BCUT2D eigenvalue weighted by molar-refractivity contribution is 7.99. The molecule has 1 N–H and O–H groups in total. The average Bonchev–Trinajstić information content (AvgIpc) is 3.23. The Labute approximate surface area is 175 Å². The first-order valence-electron chi connectivity index (χ1n) is 8.95. The minimum Gasteiger partial charge on any atom is -0.478 e. The molecule has 2 amide bonds. The van der Waals surface area contributed by atoms with E-state index in [0.29, 0.717) is 16.5 Å². The van der Waals surface area contributed by atoms with Crippen LogP contribution in [0.5, 0.6) is 0 Å². The number of nitriles is 1. The first-order chi connectivity index (χ1) is 14.5. The summed E-state index contributed by atoms with van der Waals surface area (Å²) in [7, 11) is 0. The molecule has 1 aliphatic heterocycles. The zero-order valence-corrected chi connectivity index (χ0v) is 16.5. The van der Waals surface area contributed by atoms with E-state index in [1.807, 2.05) is 13.0 Å². The number of rotatable bonds is 5. The van der Waals surface area contributed by atoms with Gasteiger partial charge in [-0.1, -0.05) is 25.1 Å². The molecule has 30 heavy (non-hydrogen) atoms. The van der Waals surface area contributed by atoms with Gasteiger partial charge in [0.2, 0.25) is 0 Å². The minimum atomic E-state index is -1.20. The second-order valence-electron chi connectivity index (χ2n) is 6.31. The van der Waals surface area contributed by atoms with E-state index in [9.17, 15) is 24.8 Å². The number of carboxylic acids is 1. The molecule has 0 bridgehead atoms. The third-order valence-corrected chi connectivity index (χ3v) is 5.42. The summed E-state index contributed by atoms with van der Waals surface area (Å²) < 4.78 is 1.40. The van der Waals surface area contributed by atoms with Gasteiger partial charge in [0.1, 0.15) is 16.7 Å². The third-order valence-electron chi connectivity index (χ3n) is 4.57. The smallest absolute Gasteiger partial charge is 0.335 e. The predicted octanol–water partition coefficient (Wildman–Crippen LogP) is 3.35. The van der Waals surface area contributed by atoms with Crippen LogP contribution in [0.2, 0.25) is 0 Å². The maximum atomic E-state index is 13.2. The van der Waals surface area contributed by atoms with Crippen LogP contribution in [0.3, 0.4) is 0 Å². The molecule has 0 spiro atoms. The van der Waals surface area contributed by atoms with Crippen molar-refractivity contribution < 1.29 is 19.5 Å². The fourth-order valence-electron chi connectivity index (χ4n) is 3.25. The lowest BCUT2D eigenvalue weighted by molar-refractivity contribution is 0.0696. The van der Waals surface area contributed by atoms with E-state index < -0.39 is 17.8 Å². The highest BCUT2D eigenvalue weighted by atomic mass is 32.2. The molecular formula is C21H14N4O4S. The number of hydrogen-bond acceptors (Lipinski definition) is 6. The van der Waals surface area contributed by atoms with Gasteiger partial charge in [-0.3, -0.25) is 9.59 Å². The fourth-order valence-corrected chi connectivity index (χ4v) is 3.94. The Morgan fingerprint density at radius 3 is 2.47 bits per heavy atom. The van der Waals surface area contributed by atoms with Crippen molar-refractivity contribution in [3.8, 4) is 11.8 Å². The number of aromatic nitrogens is 2. The van der Waals surface area contributed by atoms with Gasteiger partial charge in [-0.2, -0.15) is 10.4 Å². The van der Waals surface area contributed by atoms with Crippen LogP contribution in [-0.2, 0) is 0 Å². The largest absolute Gasteiger partial charge is 0.478 e. The predicted molar refractivity (Wildman–Crippen MR) is 109 cm³/mol. The molecule has 2 aromatic carbocycles. The van der Waals surface area contributed by atoms with Crippen LogP contribution in [0.4, 0.5) is 5.82 Å². The summed E-state index contributed by atoms with van der Waals surface area (Å²) in [6.07, 6.45) is 0. The topological polar surface area (TPSA) is 116 Å². The van der Waals surface area contributed by atoms with Gasteiger partial charge in [0.05, 0.1) is 22.4 Å². The zero-order valence-electron chi connectivity index (χ0n) is 15.7. The standard InChI is InChI=1S/C21H14N4O4S/c1-2-30-17-16(11-22)18(25(23-17)13-6-4-3-5-7-13)24-19(26)14-9-8-12(21(28)29)10-15(14)20(24)27/h3-10H,2H2,1H3,(H,28,29). The Kier molecular flexibility index (Phi) is 4.85. The zero-order chi connectivity index (χ0) is 21.4. The van der Waals surface area contributed by atoms with Crippen LogP contribution in [0.25, 0.3) is 5.69 Å². The lowest BCUT2D eigenvalue weighted by Gasteiger charge is -2.16. The molecule has 0 atom stereocenters. The van der Waals surface area contributed by atoms with Gasteiger partial charge in [-0.05, 0) is 36.1 Å². The Hall–Kier alpha value is -3.90. The molecular weight excluding hydrogens is 404 g/mol. The minimum absolute atomic E-state index is 0.0192. The van der Waals surface area contributed by atoms with Crippen molar-refractivity contribution in [1.82, 2.24) is 9.78 Å². The number of amides is 2. The molecule has 9 heteroatoms.